The third-order valence-electron chi connectivity index (χ3n) is 4.82. The van der Waals surface area contributed by atoms with Crippen LogP contribution < -0.4 is 24.4 Å². The Balaban J connectivity index is 1.68. The zero-order valence-electron chi connectivity index (χ0n) is 17.9. The van der Waals surface area contributed by atoms with Crippen molar-refractivity contribution in [2.24, 2.45) is 5.41 Å². The van der Waals surface area contributed by atoms with Gasteiger partial charge in [0.1, 0.15) is 23.9 Å². The first-order valence-corrected chi connectivity index (χ1v) is 9.99. The minimum atomic E-state index is -0.621. The highest BCUT2D eigenvalue weighted by atomic mass is 16.5. The number of rotatable bonds is 7. The Hall–Kier alpha value is -3.22. The van der Waals surface area contributed by atoms with Crippen LogP contribution >= 0.6 is 0 Å². The number of methoxy groups -OCH3 is 1. The van der Waals surface area contributed by atoms with Gasteiger partial charge in [0.2, 0.25) is 5.91 Å². The van der Waals surface area contributed by atoms with Gasteiger partial charge in [-0.15, -0.1) is 0 Å². The lowest BCUT2D eigenvalue weighted by Gasteiger charge is -2.27. The number of nitrogens with one attached hydrogen (secondary N) is 1. The average Bonchev–Trinajstić information content (AvgIpc) is 2.83. The van der Waals surface area contributed by atoms with E-state index in [9.17, 15) is 9.59 Å². The van der Waals surface area contributed by atoms with Crippen molar-refractivity contribution < 1.29 is 23.8 Å². The van der Waals surface area contributed by atoms with Crippen molar-refractivity contribution >= 4 is 23.2 Å². The van der Waals surface area contributed by atoms with E-state index in [1.807, 2.05) is 26.8 Å². The number of amides is 2. The summed E-state index contributed by atoms with van der Waals surface area (Å²) in [5, 5.41) is 2.81. The van der Waals surface area contributed by atoms with Crippen LogP contribution in [-0.2, 0) is 9.59 Å². The van der Waals surface area contributed by atoms with E-state index in [4.69, 9.17) is 14.2 Å². The first-order chi connectivity index (χ1) is 14.3. The minimum Gasteiger partial charge on any atom is -0.497 e. The molecule has 2 aromatic rings. The van der Waals surface area contributed by atoms with E-state index in [-0.39, 0.29) is 25.0 Å². The van der Waals surface area contributed by atoms with Crippen molar-refractivity contribution in [1.82, 2.24) is 0 Å². The molecule has 0 aromatic heterocycles. The molecule has 1 N–H and O–H groups in total. The van der Waals surface area contributed by atoms with Gasteiger partial charge in [0, 0.05) is 18.3 Å². The van der Waals surface area contributed by atoms with Crippen LogP contribution in [0.2, 0.25) is 0 Å². The largest absolute Gasteiger partial charge is 0.497 e. The van der Waals surface area contributed by atoms with E-state index in [1.165, 1.54) is 0 Å². The second-order valence-electron chi connectivity index (χ2n) is 7.82. The topological polar surface area (TPSA) is 77.1 Å². The van der Waals surface area contributed by atoms with Crippen LogP contribution in [0.3, 0.4) is 0 Å². The van der Waals surface area contributed by atoms with Crippen molar-refractivity contribution in [2.75, 3.05) is 37.1 Å². The Morgan fingerprint density at radius 2 is 1.87 bits per heavy atom. The third-order valence-corrected chi connectivity index (χ3v) is 4.82. The fourth-order valence-electron chi connectivity index (χ4n) is 3.19. The molecule has 30 heavy (non-hydrogen) atoms. The highest BCUT2D eigenvalue weighted by molar-refractivity contribution is 6.00. The van der Waals surface area contributed by atoms with E-state index < -0.39 is 5.41 Å². The van der Waals surface area contributed by atoms with Crippen LogP contribution in [0.1, 0.15) is 27.2 Å². The van der Waals surface area contributed by atoms with Gasteiger partial charge in [-0.3, -0.25) is 9.59 Å². The van der Waals surface area contributed by atoms with Crippen molar-refractivity contribution in [3.63, 3.8) is 0 Å². The van der Waals surface area contributed by atoms with Crippen molar-refractivity contribution in [3.8, 4) is 17.2 Å². The van der Waals surface area contributed by atoms with Gasteiger partial charge in [-0.25, -0.2) is 0 Å². The summed E-state index contributed by atoms with van der Waals surface area (Å²) in [7, 11) is 1.59. The van der Waals surface area contributed by atoms with Gasteiger partial charge >= 0.3 is 0 Å². The van der Waals surface area contributed by atoms with E-state index in [1.54, 1.807) is 48.4 Å². The lowest BCUT2D eigenvalue weighted by atomic mass is 9.93. The van der Waals surface area contributed by atoms with Gasteiger partial charge in [0.25, 0.3) is 5.91 Å². The second-order valence-corrected chi connectivity index (χ2v) is 7.82. The quantitative estimate of drug-likeness (QED) is 0.747. The Kier molecular flexibility index (Phi) is 6.50. The molecule has 160 valence electrons. The maximum atomic E-state index is 12.9. The molecule has 0 spiro atoms. The Labute approximate surface area is 176 Å². The third kappa shape index (κ3) is 4.84. The Morgan fingerprint density at radius 1 is 1.17 bits per heavy atom. The summed E-state index contributed by atoms with van der Waals surface area (Å²) in [6.45, 7) is 6.55. The van der Waals surface area contributed by atoms with Gasteiger partial charge in [0.05, 0.1) is 18.2 Å². The summed E-state index contributed by atoms with van der Waals surface area (Å²) in [4.78, 5) is 27.0. The van der Waals surface area contributed by atoms with Crippen LogP contribution in [0.15, 0.2) is 42.5 Å². The van der Waals surface area contributed by atoms with E-state index in [0.717, 1.165) is 17.9 Å². The maximum Gasteiger partial charge on any atom is 0.262 e. The van der Waals surface area contributed by atoms with Crippen LogP contribution in [-0.4, -0.2) is 38.7 Å². The summed E-state index contributed by atoms with van der Waals surface area (Å²) < 4.78 is 16.5. The summed E-state index contributed by atoms with van der Waals surface area (Å²) in [6, 6.07) is 12.3. The highest BCUT2D eigenvalue weighted by Crippen LogP contribution is 2.38. The van der Waals surface area contributed by atoms with E-state index >= 15 is 0 Å². The number of fused-ring (bicyclic) bond motifs is 1. The fourth-order valence-corrected chi connectivity index (χ4v) is 3.19. The second kappa shape index (κ2) is 9.07. The van der Waals surface area contributed by atoms with Crippen molar-refractivity contribution in [3.05, 3.63) is 42.5 Å². The number of hydrogen-bond acceptors (Lipinski definition) is 5. The van der Waals surface area contributed by atoms with Crippen LogP contribution in [0, 0.1) is 5.41 Å². The Bertz CT molecular complexity index is 908. The SMILES string of the molecule is CCCN1C(=O)C(C)(C)COc2cc(NC(=O)COc3ccc(OC)cc3)ccc21. The summed E-state index contributed by atoms with van der Waals surface area (Å²) in [5.74, 6) is 1.62. The summed E-state index contributed by atoms with van der Waals surface area (Å²) in [5.41, 5.74) is 0.685. The van der Waals surface area contributed by atoms with Crippen molar-refractivity contribution in [1.29, 1.82) is 0 Å². The van der Waals surface area contributed by atoms with Gasteiger partial charge in [-0.2, -0.15) is 0 Å². The van der Waals surface area contributed by atoms with Crippen molar-refractivity contribution in [2.45, 2.75) is 27.2 Å². The molecule has 0 fully saturated rings. The highest BCUT2D eigenvalue weighted by Gasteiger charge is 2.37. The molecular formula is C23H28N2O5. The zero-order valence-corrected chi connectivity index (χ0v) is 17.9. The molecule has 0 saturated carbocycles. The molecule has 1 heterocycles. The Morgan fingerprint density at radius 3 is 2.53 bits per heavy atom. The molecule has 1 aliphatic heterocycles. The molecule has 1 aliphatic rings. The lowest BCUT2D eigenvalue weighted by Crippen LogP contribution is -2.42. The van der Waals surface area contributed by atoms with E-state index in [2.05, 4.69) is 5.32 Å². The number of benzene rings is 2. The maximum absolute atomic E-state index is 12.9. The number of nitrogens with zero attached hydrogens (tertiary/aromatic N) is 1. The monoisotopic (exact) mass is 412 g/mol. The number of hydrogen-bond donors (Lipinski definition) is 1. The lowest BCUT2D eigenvalue weighted by molar-refractivity contribution is -0.127. The van der Waals surface area contributed by atoms with Gasteiger partial charge < -0.3 is 24.4 Å². The van der Waals surface area contributed by atoms with Crippen LogP contribution in [0.25, 0.3) is 0 Å². The van der Waals surface area contributed by atoms with Crippen LogP contribution in [0.5, 0.6) is 17.2 Å². The normalized spacial score (nSPS) is 14.9. The van der Waals surface area contributed by atoms with Gasteiger partial charge in [-0.1, -0.05) is 6.92 Å². The minimum absolute atomic E-state index is 0.0350. The molecule has 7 nitrogen and oxygen atoms in total. The first-order valence-electron chi connectivity index (χ1n) is 9.99. The molecule has 7 heteroatoms. The number of carbonyl (C=O) groups is 2. The first kappa shape index (κ1) is 21.5. The zero-order chi connectivity index (χ0) is 21.7. The van der Waals surface area contributed by atoms with E-state index in [0.29, 0.717) is 23.7 Å². The molecule has 0 bridgehead atoms. The number of anilines is 2. The molecule has 0 atom stereocenters. The van der Waals surface area contributed by atoms with Gasteiger partial charge in [0.15, 0.2) is 6.61 Å². The molecule has 0 unspecified atom stereocenters. The number of ether oxygens (including phenoxy) is 3. The van der Waals surface area contributed by atoms with Crippen LogP contribution in [0.4, 0.5) is 11.4 Å². The standard InChI is InChI=1S/C23H28N2O5/c1-5-12-25-19-11-6-16(13-20(19)30-15-23(2,3)22(25)27)24-21(26)14-29-18-9-7-17(28-4)8-10-18/h6-11,13H,5,12,14-15H2,1-4H3,(H,24,26). The summed E-state index contributed by atoms with van der Waals surface area (Å²) >= 11 is 0. The fraction of sp³-hybridized carbons (Fsp3) is 0.391. The molecule has 0 radical (unpaired) electrons. The number of carbonyl (C=O) groups excluding carboxylic acids is 2. The smallest absolute Gasteiger partial charge is 0.262 e. The molecule has 0 saturated heterocycles. The molecule has 2 amide bonds. The predicted octanol–water partition coefficient (Wildman–Crippen LogP) is 3.87. The predicted molar refractivity (Wildman–Crippen MR) is 115 cm³/mol. The average molecular weight is 412 g/mol. The molecule has 2 aromatic carbocycles. The summed E-state index contributed by atoms with van der Waals surface area (Å²) in [6.07, 6.45) is 0.836. The molecule has 0 aliphatic carbocycles. The molecule has 3 rings (SSSR count). The molecular weight excluding hydrogens is 384 g/mol. The van der Waals surface area contributed by atoms with Gasteiger partial charge in [-0.05, 0) is 56.7 Å².